The van der Waals surface area contributed by atoms with Crippen LogP contribution in [0.3, 0.4) is 0 Å². The molecule has 45 heavy (non-hydrogen) atoms. The molecule has 2 rings (SSSR count). The fourth-order valence-corrected chi connectivity index (χ4v) is 7.36. The van der Waals surface area contributed by atoms with E-state index in [-0.39, 0.29) is 84.5 Å². The Hall–Kier alpha value is -2.17. The lowest BCUT2D eigenvalue weighted by Gasteiger charge is -2.20. The van der Waals surface area contributed by atoms with Gasteiger partial charge in [0.15, 0.2) is 5.25 Å². The van der Waals surface area contributed by atoms with Crippen molar-refractivity contribution in [2.24, 2.45) is 23.7 Å². The van der Waals surface area contributed by atoms with Crippen LogP contribution in [0.15, 0.2) is 0 Å². The number of carbonyl (C=O) groups is 6. The van der Waals surface area contributed by atoms with Crippen molar-refractivity contribution in [2.45, 2.75) is 90.4 Å². The Morgan fingerprint density at radius 1 is 0.800 bits per heavy atom. The molecule has 13 nitrogen and oxygen atoms in total. The van der Waals surface area contributed by atoms with Gasteiger partial charge in [-0.05, 0) is 22.3 Å². The summed E-state index contributed by atoms with van der Waals surface area (Å²) in [6.07, 6.45) is 0.775. The molecule has 0 radical (unpaired) electrons. The van der Waals surface area contributed by atoms with E-state index in [1.54, 1.807) is 11.8 Å². The Morgan fingerprint density at radius 2 is 1.24 bits per heavy atom. The maximum Gasteiger partial charge on any atom is 0.279 e. The van der Waals surface area contributed by atoms with Crippen LogP contribution < -0.4 is 10.6 Å². The average molecular weight is 695 g/mol. The third-order valence-corrected chi connectivity index (χ3v) is 11.3. The van der Waals surface area contributed by atoms with Crippen LogP contribution >= 0.6 is 23.5 Å². The molecule has 0 spiro atoms. The minimum atomic E-state index is -4.07. The summed E-state index contributed by atoms with van der Waals surface area (Å²) < 4.78 is 28.4. The standard InChI is InChI=1S/C15H26N2O6S2.C14H24N2O3S/c1-9(2)11-6-13(18)17(15(11)20)8-16-14(19)12(7-24-10(3)4)25(21,22)23-5;1-9(2)11-7-13(18)16(14(11)19)8-15-12(17)5-6-20-10(3)4/h9-12H,6-8H2,1-5H3,(H,16,19);9-11H,5-8H2,1-4H3,(H,15,17). The van der Waals surface area contributed by atoms with Gasteiger partial charge in [0.25, 0.3) is 10.1 Å². The van der Waals surface area contributed by atoms with Gasteiger partial charge in [-0.25, -0.2) is 0 Å². The lowest BCUT2D eigenvalue weighted by Crippen LogP contribution is -2.48. The molecule has 258 valence electrons. The largest absolute Gasteiger partial charge is 0.338 e. The number of thioether (sulfide) groups is 2. The fraction of sp³-hybridized carbons (Fsp3) is 0.793. The van der Waals surface area contributed by atoms with E-state index < -0.39 is 27.2 Å². The number of nitrogens with zero attached hydrogens (tertiary/aromatic N) is 2. The van der Waals surface area contributed by atoms with E-state index in [2.05, 4.69) is 28.7 Å². The molecule has 0 aromatic heterocycles. The van der Waals surface area contributed by atoms with Crippen LogP contribution in [0.2, 0.25) is 0 Å². The normalized spacial score (nSPS) is 19.6. The van der Waals surface area contributed by atoms with Gasteiger partial charge in [0.05, 0.1) is 7.11 Å². The molecule has 0 saturated carbocycles. The Kier molecular flexibility index (Phi) is 17.1. The SMILES string of the molecule is CC(C)SCCC(=O)NCN1C(=O)CC(C(C)C)C1=O.COS(=O)(=O)C(CSC(C)C)C(=O)NCN1C(=O)CC(C(C)C)C1=O. The molecule has 2 saturated heterocycles. The number of hydrogen-bond acceptors (Lipinski definition) is 11. The summed E-state index contributed by atoms with van der Waals surface area (Å²) in [5, 5.41) is 4.26. The minimum absolute atomic E-state index is 0.00602. The van der Waals surface area contributed by atoms with Crippen molar-refractivity contribution >= 4 is 69.1 Å². The second-order valence-corrected chi connectivity index (χ2v) is 17.3. The number of likely N-dealkylation sites (tertiary alicyclic amines) is 2. The molecule has 3 atom stereocenters. The van der Waals surface area contributed by atoms with Gasteiger partial charge in [0, 0.05) is 42.6 Å². The Morgan fingerprint density at radius 3 is 1.62 bits per heavy atom. The summed E-state index contributed by atoms with van der Waals surface area (Å²) in [7, 11) is -3.08. The van der Waals surface area contributed by atoms with E-state index in [0.29, 0.717) is 11.7 Å². The zero-order valence-electron chi connectivity index (χ0n) is 27.8. The highest BCUT2D eigenvalue weighted by molar-refractivity contribution is 8.01. The van der Waals surface area contributed by atoms with Gasteiger partial charge in [-0.3, -0.25) is 42.8 Å². The molecular formula is C29H50N4O9S3. The molecule has 2 heterocycles. The van der Waals surface area contributed by atoms with Crippen LogP contribution in [0, 0.1) is 23.7 Å². The molecule has 0 aromatic carbocycles. The van der Waals surface area contributed by atoms with E-state index in [1.165, 1.54) is 11.8 Å². The predicted molar refractivity (Wildman–Crippen MR) is 175 cm³/mol. The molecule has 2 aliphatic heterocycles. The van der Waals surface area contributed by atoms with Crippen molar-refractivity contribution < 1.29 is 41.4 Å². The van der Waals surface area contributed by atoms with E-state index in [0.717, 1.165) is 22.7 Å². The van der Waals surface area contributed by atoms with Crippen molar-refractivity contribution in [2.75, 3.05) is 32.0 Å². The van der Waals surface area contributed by atoms with Gasteiger partial charge >= 0.3 is 0 Å². The summed E-state index contributed by atoms with van der Waals surface area (Å²) in [4.78, 5) is 74.0. The number of imide groups is 2. The summed E-state index contributed by atoms with van der Waals surface area (Å²) in [5.41, 5.74) is 0. The zero-order chi connectivity index (χ0) is 34.6. The van der Waals surface area contributed by atoms with Gasteiger partial charge in [-0.1, -0.05) is 55.4 Å². The van der Waals surface area contributed by atoms with E-state index in [1.807, 2.05) is 41.5 Å². The first-order valence-electron chi connectivity index (χ1n) is 15.1. The Balaban J connectivity index is 0.000000461. The highest BCUT2D eigenvalue weighted by Gasteiger charge is 2.41. The van der Waals surface area contributed by atoms with Crippen molar-refractivity contribution in [1.82, 2.24) is 20.4 Å². The van der Waals surface area contributed by atoms with Crippen LogP contribution in [0.4, 0.5) is 0 Å². The number of carbonyl (C=O) groups excluding carboxylic acids is 6. The zero-order valence-corrected chi connectivity index (χ0v) is 30.2. The molecule has 2 N–H and O–H groups in total. The first-order chi connectivity index (χ1) is 20.8. The van der Waals surface area contributed by atoms with Gasteiger partial charge < -0.3 is 10.6 Å². The quantitative estimate of drug-likeness (QED) is 0.179. The third kappa shape index (κ3) is 12.9. The smallest absolute Gasteiger partial charge is 0.279 e. The van der Waals surface area contributed by atoms with Crippen molar-refractivity contribution in [3.05, 3.63) is 0 Å². The van der Waals surface area contributed by atoms with Crippen molar-refractivity contribution in [3.63, 3.8) is 0 Å². The third-order valence-electron chi connectivity index (χ3n) is 7.25. The van der Waals surface area contributed by atoms with Crippen LogP contribution in [0.5, 0.6) is 0 Å². The number of nitrogens with one attached hydrogen (secondary N) is 2. The first kappa shape index (κ1) is 40.9. The lowest BCUT2D eigenvalue weighted by molar-refractivity contribution is -0.142. The Bertz CT molecular complexity index is 1180. The molecule has 2 aliphatic rings. The highest BCUT2D eigenvalue weighted by Crippen LogP contribution is 2.27. The van der Waals surface area contributed by atoms with Crippen LogP contribution in [0.1, 0.15) is 74.7 Å². The molecule has 16 heteroatoms. The summed E-state index contributed by atoms with van der Waals surface area (Å²) >= 11 is 3.02. The first-order valence-corrected chi connectivity index (χ1v) is 18.7. The van der Waals surface area contributed by atoms with E-state index in [4.69, 9.17) is 0 Å². The Labute approximate surface area is 276 Å². The van der Waals surface area contributed by atoms with E-state index in [9.17, 15) is 37.2 Å². The highest BCUT2D eigenvalue weighted by atomic mass is 32.2. The number of hydrogen-bond donors (Lipinski definition) is 2. The van der Waals surface area contributed by atoms with Gasteiger partial charge in [0.2, 0.25) is 35.4 Å². The van der Waals surface area contributed by atoms with Crippen molar-refractivity contribution in [3.8, 4) is 0 Å². The molecule has 0 aliphatic carbocycles. The second-order valence-electron chi connectivity index (χ2n) is 12.1. The maximum atomic E-state index is 12.3. The molecule has 0 bridgehead atoms. The molecule has 2 fully saturated rings. The predicted octanol–water partition coefficient (Wildman–Crippen LogP) is 2.20. The van der Waals surface area contributed by atoms with Crippen LogP contribution in [-0.4, -0.2) is 101 Å². The summed E-state index contributed by atoms with van der Waals surface area (Å²) in [6.45, 7) is 15.2. The number of amides is 6. The number of rotatable bonds is 16. The van der Waals surface area contributed by atoms with Crippen molar-refractivity contribution in [1.29, 1.82) is 0 Å². The monoisotopic (exact) mass is 694 g/mol. The maximum absolute atomic E-state index is 12.3. The van der Waals surface area contributed by atoms with Gasteiger partial charge in [-0.15, -0.1) is 0 Å². The van der Waals surface area contributed by atoms with Gasteiger partial charge in [-0.2, -0.15) is 31.9 Å². The molecule has 0 aromatic rings. The van der Waals surface area contributed by atoms with Crippen LogP contribution in [-0.2, 0) is 43.1 Å². The minimum Gasteiger partial charge on any atom is -0.338 e. The lowest BCUT2D eigenvalue weighted by atomic mass is 9.94. The molecular weight excluding hydrogens is 645 g/mol. The second kappa shape index (κ2) is 18.8. The van der Waals surface area contributed by atoms with Gasteiger partial charge in [0.1, 0.15) is 13.3 Å². The molecule has 3 unspecified atom stereocenters. The van der Waals surface area contributed by atoms with Crippen LogP contribution in [0.25, 0.3) is 0 Å². The fourth-order valence-electron chi connectivity index (χ4n) is 4.39. The topological polar surface area (TPSA) is 176 Å². The summed E-state index contributed by atoms with van der Waals surface area (Å²) in [5.74, 6) is -1.68. The molecule has 6 amide bonds. The average Bonchev–Trinajstić information content (AvgIpc) is 3.39. The summed E-state index contributed by atoms with van der Waals surface area (Å²) in [6, 6.07) is 0. The van der Waals surface area contributed by atoms with E-state index >= 15 is 0 Å².